The maximum Gasteiger partial charge on any atom is 0.331 e. The van der Waals surface area contributed by atoms with Gasteiger partial charge in [-0.05, 0) is 31.1 Å². The number of ether oxygens (including phenoxy) is 1. The van der Waals surface area contributed by atoms with Crippen LogP contribution in [0.2, 0.25) is 0 Å². The number of carbonyl (C=O) groups excluding carboxylic acids is 2. The summed E-state index contributed by atoms with van der Waals surface area (Å²) in [4.78, 5) is 30.6. The second-order valence-corrected chi connectivity index (χ2v) is 7.21. The van der Waals surface area contributed by atoms with Crippen molar-refractivity contribution in [2.24, 2.45) is 0 Å². The first kappa shape index (κ1) is 19.8. The van der Waals surface area contributed by atoms with Crippen LogP contribution < -0.4 is 0 Å². The van der Waals surface area contributed by atoms with Gasteiger partial charge in [-0.25, -0.2) is 9.18 Å². The third-order valence-electron chi connectivity index (χ3n) is 5.01. The highest BCUT2D eigenvalue weighted by atomic mass is 19.1. The fraction of sp³-hybridized carbons (Fsp3) is 0.208. The van der Waals surface area contributed by atoms with Gasteiger partial charge in [0.1, 0.15) is 5.82 Å². The summed E-state index contributed by atoms with van der Waals surface area (Å²) in [6.45, 7) is -0.201. The average molecular weight is 404 g/mol. The van der Waals surface area contributed by atoms with Crippen molar-refractivity contribution in [2.45, 2.75) is 25.4 Å². The van der Waals surface area contributed by atoms with Crippen LogP contribution in [0, 0.1) is 5.82 Å². The SMILES string of the molecule is O=C(C=Cc1cccc2cccnc12)OCC(=O)N(Cc1ccccc1F)C1CC1. The lowest BCUT2D eigenvalue weighted by Gasteiger charge is -2.22. The summed E-state index contributed by atoms with van der Waals surface area (Å²) in [6, 6.07) is 15.9. The molecule has 0 saturated heterocycles. The first-order chi connectivity index (χ1) is 14.6. The van der Waals surface area contributed by atoms with Gasteiger partial charge in [-0.15, -0.1) is 0 Å². The van der Waals surface area contributed by atoms with Gasteiger partial charge in [0.2, 0.25) is 0 Å². The van der Waals surface area contributed by atoms with E-state index in [1.807, 2.05) is 30.3 Å². The number of hydrogen-bond donors (Lipinski definition) is 0. The van der Waals surface area contributed by atoms with Gasteiger partial charge in [0.15, 0.2) is 6.61 Å². The molecule has 0 radical (unpaired) electrons. The number of amides is 1. The van der Waals surface area contributed by atoms with Crippen molar-refractivity contribution in [3.8, 4) is 0 Å². The molecule has 1 aromatic heterocycles. The van der Waals surface area contributed by atoms with E-state index in [1.165, 1.54) is 12.1 Å². The van der Waals surface area contributed by atoms with Crippen LogP contribution in [0.1, 0.15) is 24.0 Å². The quantitative estimate of drug-likeness (QED) is 0.439. The molecule has 0 atom stereocenters. The Morgan fingerprint density at radius 3 is 2.70 bits per heavy atom. The van der Waals surface area contributed by atoms with E-state index in [-0.39, 0.29) is 30.9 Å². The molecule has 1 aliphatic rings. The average Bonchev–Trinajstić information content (AvgIpc) is 3.60. The molecule has 1 amide bonds. The summed E-state index contributed by atoms with van der Waals surface area (Å²) < 4.78 is 19.1. The molecule has 30 heavy (non-hydrogen) atoms. The van der Waals surface area contributed by atoms with Crippen molar-refractivity contribution >= 4 is 28.9 Å². The fourth-order valence-corrected chi connectivity index (χ4v) is 3.30. The Labute approximate surface area is 173 Å². The second kappa shape index (κ2) is 8.86. The monoisotopic (exact) mass is 404 g/mol. The van der Waals surface area contributed by atoms with Gasteiger partial charge < -0.3 is 9.64 Å². The highest BCUT2D eigenvalue weighted by molar-refractivity contribution is 5.93. The zero-order chi connectivity index (χ0) is 20.9. The van der Waals surface area contributed by atoms with Gasteiger partial charge in [0.05, 0.1) is 5.52 Å². The number of hydrogen-bond acceptors (Lipinski definition) is 4. The zero-order valence-corrected chi connectivity index (χ0v) is 16.3. The van der Waals surface area contributed by atoms with Crippen LogP contribution in [0.15, 0.2) is 66.9 Å². The van der Waals surface area contributed by atoms with Crippen LogP contribution in [0.5, 0.6) is 0 Å². The Morgan fingerprint density at radius 2 is 1.90 bits per heavy atom. The van der Waals surface area contributed by atoms with E-state index >= 15 is 0 Å². The molecule has 1 fully saturated rings. The molecule has 3 aromatic rings. The number of aromatic nitrogens is 1. The fourth-order valence-electron chi connectivity index (χ4n) is 3.30. The molecular weight excluding hydrogens is 383 g/mol. The summed E-state index contributed by atoms with van der Waals surface area (Å²) in [7, 11) is 0. The maximum atomic E-state index is 13.9. The molecule has 6 heteroatoms. The summed E-state index contributed by atoms with van der Waals surface area (Å²) in [6.07, 6.45) is 6.36. The predicted molar refractivity (Wildman–Crippen MR) is 112 cm³/mol. The molecule has 0 spiro atoms. The number of benzene rings is 2. The second-order valence-electron chi connectivity index (χ2n) is 7.21. The molecule has 0 aliphatic heterocycles. The summed E-state index contributed by atoms with van der Waals surface area (Å²) in [5, 5.41) is 0.969. The smallest absolute Gasteiger partial charge is 0.331 e. The Morgan fingerprint density at radius 1 is 1.10 bits per heavy atom. The number of esters is 1. The highest BCUT2D eigenvalue weighted by Gasteiger charge is 2.33. The number of nitrogens with zero attached hydrogens (tertiary/aromatic N) is 2. The number of para-hydroxylation sites is 1. The Hall–Kier alpha value is -3.54. The number of pyridine rings is 1. The largest absolute Gasteiger partial charge is 0.452 e. The van der Waals surface area contributed by atoms with Crippen LogP contribution in [-0.2, 0) is 20.9 Å². The van der Waals surface area contributed by atoms with Gasteiger partial charge in [-0.1, -0.05) is 42.5 Å². The molecule has 4 rings (SSSR count). The van der Waals surface area contributed by atoms with Gasteiger partial charge >= 0.3 is 5.97 Å². The van der Waals surface area contributed by atoms with Crippen molar-refractivity contribution in [1.82, 2.24) is 9.88 Å². The third kappa shape index (κ3) is 4.71. The standard InChI is InChI=1S/C24H21FN2O3/c25-21-9-2-1-5-19(21)15-27(20-11-12-20)22(28)16-30-23(29)13-10-18-7-3-6-17-8-4-14-26-24(17)18/h1-10,13-14,20H,11-12,15-16H2. The third-order valence-corrected chi connectivity index (χ3v) is 5.01. The van der Waals surface area contributed by atoms with Crippen molar-refractivity contribution in [1.29, 1.82) is 0 Å². The molecule has 0 bridgehead atoms. The molecular formula is C24H21FN2O3. The van der Waals surface area contributed by atoms with Gasteiger partial charge in [-0.2, -0.15) is 0 Å². The highest BCUT2D eigenvalue weighted by Crippen LogP contribution is 2.29. The topological polar surface area (TPSA) is 59.5 Å². The number of rotatable bonds is 7. The van der Waals surface area contributed by atoms with Gasteiger partial charge in [0.25, 0.3) is 5.91 Å². The molecule has 2 aromatic carbocycles. The molecule has 1 saturated carbocycles. The van der Waals surface area contributed by atoms with Crippen LogP contribution in [-0.4, -0.2) is 34.4 Å². The predicted octanol–water partition coefficient (Wildman–Crippen LogP) is 4.12. The molecule has 152 valence electrons. The number of halogens is 1. The number of carbonyl (C=O) groups is 2. The Kier molecular flexibility index (Phi) is 5.84. The number of fused-ring (bicyclic) bond motifs is 1. The van der Waals surface area contributed by atoms with Crippen molar-refractivity contribution in [3.05, 3.63) is 83.8 Å². The Balaban J connectivity index is 1.37. The first-order valence-electron chi connectivity index (χ1n) is 9.83. The summed E-state index contributed by atoms with van der Waals surface area (Å²) in [5.41, 5.74) is 2.02. The maximum absolute atomic E-state index is 13.9. The van der Waals surface area contributed by atoms with Crippen LogP contribution >= 0.6 is 0 Å². The van der Waals surface area contributed by atoms with Crippen molar-refractivity contribution < 1.29 is 18.7 Å². The molecule has 5 nitrogen and oxygen atoms in total. The Bertz CT molecular complexity index is 1100. The molecule has 1 aliphatic carbocycles. The van der Waals surface area contributed by atoms with Crippen LogP contribution in [0.3, 0.4) is 0 Å². The first-order valence-corrected chi connectivity index (χ1v) is 9.83. The minimum Gasteiger partial charge on any atom is -0.452 e. The van der Waals surface area contributed by atoms with Gasteiger partial charge in [-0.3, -0.25) is 9.78 Å². The van der Waals surface area contributed by atoms with E-state index in [2.05, 4.69) is 4.98 Å². The molecule has 0 N–H and O–H groups in total. The minimum atomic E-state index is -0.613. The molecule has 1 heterocycles. The van der Waals surface area contributed by atoms with E-state index in [9.17, 15) is 14.0 Å². The van der Waals surface area contributed by atoms with E-state index in [4.69, 9.17) is 4.74 Å². The van der Waals surface area contributed by atoms with Crippen LogP contribution in [0.25, 0.3) is 17.0 Å². The normalized spacial score (nSPS) is 13.5. The van der Waals surface area contributed by atoms with Crippen molar-refractivity contribution in [2.75, 3.05) is 6.61 Å². The lowest BCUT2D eigenvalue weighted by molar-refractivity contribution is -0.148. The molecule has 0 unspecified atom stereocenters. The summed E-state index contributed by atoms with van der Waals surface area (Å²) in [5.74, 6) is -1.29. The van der Waals surface area contributed by atoms with E-state index in [0.29, 0.717) is 5.56 Å². The van der Waals surface area contributed by atoms with Gasteiger partial charge in [0, 0.05) is 41.4 Å². The van der Waals surface area contributed by atoms with E-state index < -0.39 is 5.97 Å². The summed E-state index contributed by atoms with van der Waals surface area (Å²) >= 11 is 0. The van der Waals surface area contributed by atoms with Crippen LogP contribution in [0.4, 0.5) is 4.39 Å². The van der Waals surface area contributed by atoms with Crippen molar-refractivity contribution in [3.63, 3.8) is 0 Å². The van der Waals surface area contributed by atoms with E-state index in [1.54, 1.807) is 35.4 Å². The zero-order valence-electron chi connectivity index (χ0n) is 16.3. The van der Waals surface area contributed by atoms with E-state index in [0.717, 1.165) is 29.3 Å². The minimum absolute atomic E-state index is 0.0770. The lowest BCUT2D eigenvalue weighted by Crippen LogP contribution is -2.36. The lowest BCUT2D eigenvalue weighted by atomic mass is 10.1.